The van der Waals surface area contributed by atoms with Gasteiger partial charge in [-0.3, -0.25) is 19.1 Å². The standard InChI is InChI=1S/C22H23ClN4O2S/c23-16-8-9-18-19(11-16)26-22(27(21(18)29)17-6-2-1-3-7-17)30-14-20(28)25-13-15-5-4-10-24-12-15/h4-5,8-12,17H,1-3,6-7,13-14H2,(H,25,28). The first-order valence-corrected chi connectivity index (χ1v) is 11.5. The van der Waals surface area contributed by atoms with Gasteiger partial charge >= 0.3 is 0 Å². The second-order valence-corrected chi connectivity index (χ2v) is 8.83. The zero-order valence-corrected chi connectivity index (χ0v) is 18.1. The third-order valence-corrected chi connectivity index (χ3v) is 6.50. The highest BCUT2D eigenvalue weighted by atomic mass is 35.5. The van der Waals surface area contributed by atoms with Gasteiger partial charge in [-0.15, -0.1) is 0 Å². The predicted molar refractivity (Wildman–Crippen MR) is 120 cm³/mol. The van der Waals surface area contributed by atoms with E-state index < -0.39 is 0 Å². The summed E-state index contributed by atoms with van der Waals surface area (Å²) in [6.07, 6.45) is 8.74. The molecule has 1 saturated carbocycles. The number of pyridine rings is 1. The van der Waals surface area contributed by atoms with Crippen LogP contribution in [0.5, 0.6) is 0 Å². The molecule has 156 valence electrons. The fourth-order valence-corrected chi connectivity index (χ4v) is 4.86. The smallest absolute Gasteiger partial charge is 0.262 e. The van der Waals surface area contributed by atoms with Crippen LogP contribution in [0.4, 0.5) is 0 Å². The Kier molecular flexibility index (Phi) is 6.69. The molecule has 3 aromatic rings. The molecule has 0 bridgehead atoms. The van der Waals surface area contributed by atoms with Crippen molar-refractivity contribution in [3.8, 4) is 0 Å². The van der Waals surface area contributed by atoms with E-state index in [1.807, 2.05) is 12.1 Å². The summed E-state index contributed by atoms with van der Waals surface area (Å²) < 4.78 is 1.80. The van der Waals surface area contributed by atoms with Crippen molar-refractivity contribution < 1.29 is 4.79 Å². The molecular formula is C22H23ClN4O2S. The number of hydrogen-bond acceptors (Lipinski definition) is 5. The molecule has 2 aromatic heterocycles. The summed E-state index contributed by atoms with van der Waals surface area (Å²) in [6.45, 7) is 0.420. The number of nitrogens with zero attached hydrogens (tertiary/aromatic N) is 3. The maximum atomic E-state index is 13.3. The second-order valence-electron chi connectivity index (χ2n) is 7.45. The molecule has 4 rings (SSSR count). The molecule has 2 heterocycles. The third-order valence-electron chi connectivity index (χ3n) is 5.32. The number of carbonyl (C=O) groups is 1. The van der Waals surface area contributed by atoms with Gasteiger partial charge in [0.05, 0.1) is 16.7 Å². The Bertz CT molecular complexity index is 1100. The number of benzene rings is 1. The highest BCUT2D eigenvalue weighted by molar-refractivity contribution is 7.99. The summed E-state index contributed by atoms with van der Waals surface area (Å²) in [5.41, 5.74) is 1.45. The first kappa shape index (κ1) is 20.9. The normalized spacial score (nSPS) is 14.7. The van der Waals surface area contributed by atoms with Crippen LogP contribution in [0.2, 0.25) is 5.02 Å². The Morgan fingerprint density at radius 2 is 2.07 bits per heavy atom. The van der Waals surface area contributed by atoms with Gasteiger partial charge in [-0.25, -0.2) is 4.98 Å². The molecule has 1 amide bonds. The molecule has 0 atom stereocenters. The van der Waals surface area contributed by atoms with Gasteiger partial charge in [0.2, 0.25) is 5.91 Å². The number of carbonyl (C=O) groups excluding carboxylic acids is 1. The lowest BCUT2D eigenvalue weighted by molar-refractivity contribution is -0.118. The fraction of sp³-hybridized carbons (Fsp3) is 0.364. The van der Waals surface area contributed by atoms with Gasteiger partial charge in [0.15, 0.2) is 5.16 Å². The number of rotatable bonds is 6. The Balaban J connectivity index is 1.56. The van der Waals surface area contributed by atoms with Gasteiger partial charge in [-0.1, -0.05) is 48.7 Å². The van der Waals surface area contributed by atoms with E-state index in [2.05, 4.69) is 10.3 Å². The number of nitrogens with one attached hydrogen (secondary N) is 1. The maximum Gasteiger partial charge on any atom is 0.262 e. The van der Waals surface area contributed by atoms with Crippen LogP contribution in [0.3, 0.4) is 0 Å². The van der Waals surface area contributed by atoms with Crippen molar-refractivity contribution >= 4 is 40.2 Å². The molecular weight excluding hydrogens is 420 g/mol. The number of amides is 1. The highest BCUT2D eigenvalue weighted by Gasteiger charge is 2.22. The molecule has 0 spiro atoms. The van der Waals surface area contributed by atoms with Crippen LogP contribution < -0.4 is 10.9 Å². The second kappa shape index (κ2) is 9.62. The highest BCUT2D eigenvalue weighted by Crippen LogP contribution is 2.31. The largest absolute Gasteiger partial charge is 0.351 e. The fourth-order valence-electron chi connectivity index (χ4n) is 3.80. The van der Waals surface area contributed by atoms with Crippen LogP contribution in [-0.2, 0) is 11.3 Å². The van der Waals surface area contributed by atoms with Gasteiger partial charge in [0.1, 0.15) is 0 Å². The van der Waals surface area contributed by atoms with Gasteiger partial charge in [0.25, 0.3) is 5.56 Å². The van der Waals surface area contributed by atoms with E-state index >= 15 is 0 Å². The van der Waals surface area contributed by atoms with Crippen molar-refractivity contribution in [2.45, 2.75) is 49.8 Å². The lowest BCUT2D eigenvalue weighted by atomic mass is 9.95. The first-order valence-electron chi connectivity index (χ1n) is 10.1. The van der Waals surface area contributed by atoms with Gasteiger partial charge in [-0.05, 0) is 42.7 Å². The van der Waals surface area contributed by atoms with Crippen molar-refractivity contribution in [3.63, 3.8) is 0 Å². The number of halogens is 1. The minimum absolute atomic E-state index is 0.0539. The molecule has 0 saturated heterocycles. The molecule has 1 N–H and O–H groups in total. The van der Waals surface area contributed by atoms with Gasteiger partial charge in [-0.2, -0.15) is 0 Å². The lowest BCUT2D eigenvalue weighted by Gasteiger charge is -2.26. The van der Waals surface area contributed by atoms with Crippen molar-refractivity contribution in [1.82, 2.24) is 19.9 Å². The van der Waals surface area contributed by atoms with Crippen LogP contribution in [0.15, 0.2) is 52.7 Å². The lowest BCUT2D eigenvalue weighted by Crippen LogP contribution is -2.30. The zero-order chi connectivity index (χ0) is 20.9. The van der Waals surface area contributed by atoms with Crippen LogP contribution in [0, 0.1) is 0 Å². The van der Waals surface area contributed by atoms with Crippen molar-refractivity contribution in [2.24, 2.45) is 0 Å². The number of aromatic nitrogens is 3. The van der Waals surface area contributed by atoms with Crippen LogP contribution in [0.1, 0.15) is 43.7 Å². The topological polar surface area (TPSA) is 76.9 Å². The van der Waals surface area contributed by atoms with E-state index in [4.69, 9.17) is 16.6 Å². The molecule has 0 aliphatic heterocycles. The van der Waals surface area contributed by atoms with Crippen LogP contribution >= 0.6 is 23.4 Å². The van der Waals surface area contributed by atoms with E-state index in [9.17, 15) is 9.59 Å². The average molecular weight is 443 g/mol. The van der Waals surface area contributed by atoms with Crippen molar-refractivity contribution in [3.05, 3.63) is 63.7 Å². The number of fused-ring (bicyclic) bond motifs is 1. The molecule has 1 aliphatic carbocycles. The Labute approximate surface area is 184 Å². The minimum Gasteiger partial charge on any atom is -0.351 e. The number of thioether (sulfide) groups is 1. The summed E-state index contributed by atoms with van der Waals surface area (Å²) in [6, 6.07) is 9.03. The Hall–Kier alpha value is -2.38. The summed E-state index contributed by atoms with van der Waals surface area (Å²) >= 11 is 7.41. The molecule has 1 aromatic carbocycles. The summed E-state index contributed by atoms with van der Waals surface area (Å²) in [5, 5.41) is 4.58. The average Bonchev–Trinajstić information content (AvgIpc) is 2.77. The molecule has 30 heavy (non-hydrogen) atoms. The number of hydrogen-bond donors (Lipinski definition) is 1. The van der Waals surface area contributed by atoms with Gasteiger partial charge in [0, 0.05) is 30.0 Å². The van der Waals surface area contributed by atoms with E-state index in [-0.39, 0.29) is 23.3 Å². The molecule has 6 nitrogen and oxygen atoms in total. The summed E-state index contributed by atoms with van der Waals surface area (Å²) in [7, 11) is 0. The molecule has 1 fully saturated rings. The molecule has 0 unspecified atom stereocenters. The van der Waals surface area contributed by atoms with Crippen molar-refractivity contribution in [2.75, 3.05) is 5.75 Å². The van der Waals surface area contributed by atoms with E-state index in [1.54, 1.807) is 35.2 Å². The zero-order valence-electron chi connectivity index (χ0n) is 16.5. The monoisotopic (exact) mass is 442 g/mol. The molecule has 8 heteroatoms. The maximum absolute atomic E-state index is 13.3. The summed E-state index contributed by atoms with van der Waals surface area (Å²) in [4.78, 5) is 34.4. The Morgan fingerprint density at radius 1 is 1.23 bits per heavy atom. The van der Waals surface area contributed by atoms with Crippen LogP contribution in [0.25, 0.3) is 10.9 Å². The predicted octanol–water partition coefficient (Wildman–Crippen LogP) is 4.36. The van der Waals surface area contributed by atoms with E-state index in [0.29, 0.717) is 27.6 Å². The summed E-state index contributed by atoms with van der Waals surface area (Å²) in [5.74, 6) is 0.0744. The molecule has 1 aliphatic rings. The van der Waals surface area contributed by atoms with E-state index in [0.717, 1.165) is 31.2 Å². The first-order chi connectivity index (χ1) is 14.6. The van der Waals surface area contributed by atoms with Crippen LogP contribution in [-0.4, -0.2) is 26.2 Å². The Morgan fingerprint density at radius 3 is 2.83 bits per heavy atom. The molecule has 0 radical (unpaired) electrons. The van der Waals surface area contributed by atoms with Gasteiger partial charge < -0.3 is 5.32 Å². The minimum atomic E-state index is -0.112. The SMILES string of the molecule is O=C(CSc1nc2cc(Cl)ccc2c(=O)n1C1CCCCC1)NCc1cccnc1. The van der Waals surface area contributed by atoms with Crippen molar-refractivity contribution in [1.29, 1.82) is 0 Å². The van der Waals surface area contributed by atoms with E-state index in [1.165, 1.54) is 18.2 Å². The quantitative estimate of drug-likeness (QED) is 0.453. The third kappa shape index (κ3) is 4.84.